The van der Waals surface area contributed by atoms with Crippen molar-refractivity contribution in [3.05, 3.63) is 22.5 Å². The van der Waals surface area contributed by atoms with E-state index < -0.39 is 0 Å². The van der Waals surface area contributed by atoms with Crippen LogP contribution in [0.2, 0.25) is 0 Å². The van der Waals surface area contributed by atoms with E-state index in [1.807, 2.05) is 6.92 Å². The highest BCUT2D eigenvalue weighted by Crippen LogP contribution is 2.32. The SMILES string of the molecule is Cc1nnc(C2CCN(c3ncnc4[nH]ncc34)CC2)s1. The molecule has 0 aliphatic carbocycles. The molecule has 0 saturated carbocycles. The van der Waals surface area contributed by atoms with Crippen molar-refractivity contribution in [3.8, 4) is 0 Å². The van der Waals surface area contributed by atoms with Crippen LogP contribution < -0.4 is 4.90 Å². The molecular weight excluding hydrogens is 286 g/mol. The zero-order chi connectivity index (χ0) is 14.2. The Kier molecular flexibility index (Phi) is 3.03. The minimum atomic E-state index is 0.522. The normalized spacial score (nSPS) is 16.7. The third kappa shape index (κ3) is 2.25. The Morgan fingerprint density at radius 2 is 2.10 bits per heavy atom. The Bertz CT molecular complexity index is 757. The molecule has 4 heterocycles. The summed E-state index contributed by atoms with van der Waals surface area (Å²) in [6.45, 7) is 3.95. The lowest BCUT2D eigenvalue weighted by Gasteiger charge is -2.31. The number of H-pyrrole nitrogens is 1. The standard InChI is InChI=1S/C13H15N7S/c1-8-17-19-13(21-8)9-2-4-20(5-3-9)12-10-6-16-18-11(10)14-7-15-12/h6-7,9H,2-5H2,1H3,(H,14,15,16,18). The Morgan fingerprint density at radius 1 is 1.24 bits per heavy atom. The van der Waals surface area contributed by atoms with E-state index in [2.05, 4.69) is 35.3 Å². The monoisotopic (exact) mass is 301 g/mol. The second kappa shape index (κ2) is 5.03. The first-order chi connectivity index (χ1) is 10.3. The zero-order valence-electron chi connectivity index (χ0n) is 11.7. The van der Waals surface area contributed by atoms with Crippen molar-refractivity contribution in [1.29, 1.82) is 0 Å². The number of aryl methyl sites for hydroxylation is 1. The number of aromatic nitrogens is 6. The number of fused-ring (bicyclic) bond motifs is 1. The van der Waals surface area contributed by atoms with Gasteiger partial charge in [0.05, 0.1) is 11.6 Å². The van der Waals surface area contributed by atoms with Gasteiger partial charge in [-0.2, -0.15) is 5.10 Å². The molecule has 0 bridgehead atoms. The molecule has 0 unspecified atom stereocenters. The lowest BCUT2D eigenvalue weighted by molar-refractivity contribution is 0.499. The average molecular weight is 301 g/mol. The lowest BCUT2D eigenvalue weighted by Crippen LogP contribution is -2.33. The third-order valence-corrected chi connectivity index (χ3v) is 4.91. The van der Waals surface area contributed by atoms with E-state index >= 15 is 0 Å². The van der Waals surface area contributed by atoms with E-state index in [-0.39, 0.29) is 0 Å². The van der Waals surface area contributed by atoms with Gasteiger partial charge in [0.25, 0.3) is 0 Å². The summed E-state index contributed by atoms with van der Waals surface area (Å²) in [6, 6.07) is 0. The molecule has 1 N–H and O–H groups in total. The van der Waals surface area contributed by atoms with E-state index in [4.69, 9.17) is 0 Å². The first-order valence-electron chi connectivity index (χ1n) is 7.00. The summed E-state index contributed by atoms with van der Waals surface area (Å²) >= 11 is 1.71. The fourth-order valence-electron chi connectivity index (χ4n) is 2.82. The summed E-state index contributed by atoms with van der Waals surface area (Å²) in [5.41, 5.74) is 0.793. The van der Waals surface area contributed by atoms with Gasteiger partial charge in [-0.3, -0.25) is 5.10 Å². The van der Waals surface area contributed by atoms with E-state index in [0.717, 1.165) is 47.8 Å². The minimum absolute atomic E-state index is 0.522. The largest absolute Gasteiger partial charge is 0.356 e. The van der Waals surface area contributed by atoms with Gasteiger partial charge >= 0.3 is 0 Å². The molecule has 0 atom stereocenters. The molecular formula is C13H15N7S. The van der Waals surface area contributed by atoms with E-state index in [0.29, 0.717) is 5.92 Å². The molecule has 1 saturated heterocycles. The van der Waals surface area contributed by atoms with Crippen LogP contribution in [0.25, 0.3) is 11.0 Å². The number of anilines is 1. The number of piperidine rings is 1. The first-order valence-corrected chi connectivity index (χ1v) is 7.82. The van der Waals surface area contributed by atoms with Gasteiger partial charge in [-0.05, 0) is 19.8 Å². The van der Waals surface area contributed by atoms with Gasteiger partial charge in [0.1, 0.15) is 22.2 Å². The van der Waals surface area contributed by atoms with Crippen LogP contribution in [-0.4, -0.2) is 43.5 Å². The van der Waals surface area contributed by atoms with Crippen molar-refractivity contribution < 1.29 is 0 Å². The van der Waals surface area contributed by atoms with Gasteiger partial charge in [-0.25, -0.2) is 9.97 Å². The number of nitrogens with zero attached hydrogens (tertiary/aromatic N) is 6. The summed E-state index contributed by atoms with van der Waals surface area (Å²) < 4.78 is 0. The van der Waals surface area contributed by atoms with Crippen LogP contribution in [0.4, 0.5) is 5.82 Å². The van der Waals surface area contributed by atoms with Crippen LogP contribution >= 0.6 is 11.3 Å². The van der Waals surface area contributed by atoms with Crippen LogP contribution in [0.15, 0.2) is 12.5 Å². The molecule has 1 aliphatic rings. The molecule has 21 heavy (non-hydrogen) atoms. The highest BCUT2D eigenvalue weighted by Gasteiger charge is 2.25. The summed E-state index contributed by atoms with van der Waals surface area (Å²) in [4.78, 5) is 10.9. The van der Waals surface area contributed by atoms with Gasteiger partial charge in [-0.15, -0.1) is 21.5 Å². The van der Waals surface area contributed by atoms with Gasteiger partial charge in [0, 0.05) is 19.0 Å². The van der Waals surface area contributed by atoms with Crippen molar-refractivity contribution >= 4 is 28.2 Å². The summed E-state index contributed by atoms with van der Waals surface area (Å²) in [5.74, 6) is 1.50. The number of nitrogens with one attached hydrogen (secondary N) is 1. The average Bonchev–Trinajstić information content (AvgIpc) is 3.15. The van der Waals surface area contributed by atoms with E-state index in [9.17, 15) is 0 Å². The van der Waals surface area contributed by atoms with Crippen molar-refractivity contribution in [2.45, 2.75) is 25.7 Å². The van der Waals surface area contributed by atoms with Gasteiger partial charge in [0.2, 0.25) is 0 Å². The number of hydrogen-bond donors (Lipinski definition) is 1. The number of hydrogen-bond acceptors (Lipinski definition) is 7. The van der Waals surface area contributed by atoms with Crippen molar-refractivity contribution in [1.82, 2.24) is 30.4 Å². The van der Waals surface area contributed by atoms with Crippen LogP contribution in [0.3, 0.4) is 0 Å². The molecule has 8 heteroatoms. The molecule has 7 nitrogen and oxygen atoms in total. The molecule has 0 radical (unpaired) electrons. The second-order valence-electron chi connectivity index (χ2n) is 5.25. The van der Waals surface area contributed by atoms with Gasteiger partial charge in [-0.1, -0.05) is 0 Å². The fourth-order valence-corrected chi connectivity index (χ4v) is 3.69. The van der Waals surface area contributed by atoms with Crippen molar-refractivity contribution in [3.63, 3.8) is 0 Å². The fraction of sp³-hybridized carbons (Fsp3) is 0.462. The molecule has 3 aromatic heterocycles. The summed E-state index contributed by atoms with van der Waals surface area (Å²) in [5, 5.41) is 18.6. The highest BCUT2D eigenvalue weighted by atomic mass is 32.1. The Labute approximate surface area is 125 Å². The van der Waals surface area contributed by atoms with Crippen LogP contribution in [0, 0.1) is 6.92 Å². The predicted octanol–water partition coefficient (Wildman–Crippen LogP) is 1.90. The zero-order valence-corrected chi connectivity index (χ0v) is 12.5. The highest BCUT2D eigenvalue weighted by molar-refractivity contribution is 7.11. The second-order valence-corrected chi connectivity index (χ2v) is 6.46. The van der Waals surface area contributed by atoms with Gasteiger partial charge < -0.3 is 4.90 Å². The molecule has 108 valence electrons. The predicted molar refractivity (Wildman–Crippen MR) is 80.5 cm³/mol. The maximum absolute atomic E-state index is 4.43. The molecule has 0 spiro atoms. The molecule has 4 rings (SSSR count). The lowest BCUT2D eigenvalue weighted by atomic mass is 9.97. The maximum atomic E-state index is 4.43. The van der Waals surface area contributed by atoms with Crippen LogP contribution in [0.5, 0.6) is 0 Å². The molecule has 0 aromatic carbocycles. The van der Waals surface area contributed by atoms with Gasteiger partial charge in [0.15, 0.2) is 5.65 Å². The van der Waals surface area contributed by atoms with Crippen LogP contribution in [0.1, 0.15) is 28.8 Å². The molecule has 1 fully saturated rings. The third-order valence-electron chi connectivity index (χ3n) is 3.91. The molecule has 3 aromatic rings. The Morgan fingerprint density at radius 3 is 2.86 bits per heavy atom. The number of aromatic amines is 1. The minimum Gasteiger partial charge on any atom is -0.356 e. The van der Waals surface area contributed by atoms with Crippen molar-refractivity contribution in [2.24, 2.45) is 0 Å². The van der Waals surface area contributed by atoms with E-state index in [1.165, 1.54) is 5.01 Å². The summed E-state index contributed by atoms with van der Waals surface area (Å²) in [7, 11) is 0. The quantitative estimate of drug-likeness (QED) is 0.778. The Balaban J connectivity index is 1.53. The van der Waals surface area contributed by atoms with Crippen molar-refractivity contribution in [2.75, 3.05) is 18.0 Å². The maximum Gasteiger partial charge on any atom is 0.160 e. The van der Waals surface area contributed by atoms with E-state index in [1.54, 1.807) is 23.9 Å². The molecule has 0 amide bonds. The smallest absolute Gasteiger partial charge is 0.160 e. The van der Waals surface area contributed by atoms with Crippen LogP contribution in [-0.2, 0) is 0 Å². The topological polar surface area (TPSA) is 83.5 Å². The Hall–Kier alpha value is -2.09. The summed E-state index contributed by atoms with van der Waals surface area (Å²) in [6.07, 6.45) is 5.55. The number of rotatable bonds is 2. The molecule has 1 aliphatic heterocycles. The first kappa shape index (κ1) is 12.6.